The van der Waals surface area contributed by atoms with Crippen LogP contribution in [0.15, 0.2) is 18.2 Å². The van der Waals surface area contributed by atoms with Crippen molar-refractivity contribution >= 4 is 17.5 Å². The summed E-state index contributed by atoms with van der Waals surface area (Å²) in [6.45, 7) is 0. The molecule has 0 radical (unpaired) electrons. The molecule has 1 aliphatic rings. The minimum atomic E-state index is -0.413. The standard InChI is InChI=1S/C10H10ClNO/c11-9-4-7(6-1-2-6)3-8(5-9)10(12)13/h3-6H,1-2H2,(H2,12,13). The van der Waals surface area contributed by atoms with Gasteiger partial charge >= 0.3 is 0 Å². The molecule has 0 saturated heterocycles. The molecule has 1 aliphatic carbocycles. The van der Waals surface area contributed by atoms with E-state index in [1.807, 2.05) is 12.1 Å². The summed E-state index contributed by atoms with van der Waals surface area (Å²) < 4.78 is 0. The molecule has 3 heteroatoms. The highest BCUT2D eigenvalue weighted by atomic mass is 35.5. The Morgan fingerprint density at radius 3 is 2.62 bits per heavy atom. The number of hydrogen-bond donors (Lipinski definition) is 1. The minimum Gasteiger partial charge on any atom is -0.366 e. The van der Waals surface area contributed by atoms with Crippen molar-refractivity contribution in [2.75, 3.05) is 0 Å². The highest BCUT2D eigenvalue weighted by molar-refractivity contribution is 6.31. The van der Waals surface area contributed by atoms with Crippen LogP contribution in [-0.2, 0) is 0 Å². The molecule has 0 spiro atoms. The molecule has 1 saturated carbocycles. The van der Waals surface area contributed by atoms with Crippen LogP contribution >= 0.6 is 11.6 Å². The molecule has 0 heterocycles. The fraction of sp³-hybridized carbons (Fsp3) is 0.300. The normalized spacial score (nSPS) is 15.8. The number of nitrogens with two attached hydrogens (primary N) is 1. The van der Waals surface area contributed by atoms with Gasteiger partial charge in [-0.2, -0.15) is 0 Å². The van der Waals surface area contributed by atoms with Crippen LogP contribution < -0.4 is 5.73 Å². The number of rotatable bonds is 2. The summed E-state index contributed by atoms with van der Waals surface area (Å²) in [5.74, 6) is 0.182. The first-order chi connectivity index (χ1) is 6.16. The molecule has 2 N–H and O–H groups in total. The van der Waals surface area contributed by atoms with Crippen LogP contribution in [0.3, 0.4) is 0 Å². The van der Waals surface area contributed by atoms with E-state index in [0.29, 0.717) is 16.5 Å². The second-order valence-corrected chi connectivity index (χ2v) is 3.85. The van der Waals surface area contributed by atoms with Gasteiger partial charge in [-0.1, -0.05) is 11.6 Å². The summed E-state index contributed by atoms with van der Waals surface area (Å²) in [6.07, 6.45) is 2.39. The lowest BCUT2D eigenvalue weighted by molar-refractivity contribution is 0.1000. The smallest absolute Gasteiger partial charge is 0.248 e. The van der Waals surface area contributed by atoms with Gasteiger partial charge in [-0.05, 0) is 42.5 Å². The molecule has 13 heavy (non-hydrogen) atoms. The predicted octanol–water partition coefficient (Wildman–Crippen LogP) is 2.32. The number of carbonyl (C=O) groups excluding carboxylic acids is 1. The second kappa shape index (κ2) is 3.04. The van der Waals surface area contributed by atoms with Crippen LogP contribution in [0.25, 0.3) is 0 Å². The van der Waals surface area contributed by atoms with Crippen molar-refractivity contribution < 1.29 is 4.79 Å². The van der Waals surface area contributed by atoms with Gasteiger partial charge in [-0.25, -0.2) is 0 Å². The van der Waals surface area contributed by atoms with Crippen LogP contribution in [0.5, 0.6) is 0 Å². The zero-order chi connectivity index (χ0) is 9.42. The lowest BCUT2D eigenvalue weighted by atomic mass is 10.1. The van der Waals surface area contributed by atoms with E-state index in [0.717, 1.165) is 5.56 Å². The summed E-state index contributed by atoms with van der Waals surface area (Å²) >= 11 is 5.86. The van der Waals surface area contributed by atoms with Crippen molar-refractivity contribution in [3.05, 3.63) is 34.3 Å². The largest absolute Gasteiger partial charge is 0.366 e. The Labute approximate surface area is 81.7 Å². The molecule has 0 atom stereocenters. The molecule has 0 bridgehead atoms. The summed E-state index contributed by atoms with van der Waals surface area (Å²) in [7, 11) is 0. The predicted molar refractivity (Wildman–Crippen MR) is 51.9 cm³/mol. The lowest BCUT2D eigenvalue weighted by Gasteiger charge is -2.02. The van der Waals surface area contributed by atoms with Crippen molar-refractivity contribution in [2.24, 2.45) is 5.73 Å². The minimum absolute atomic E-state index is 0.413. The number of hydrogen-bond acceptors (Lipinski definition) is 1. The Morgan fingerprint density at radius 1 is 1.38 bits per heavy atom. The van der Waals surface area contributed by atoms with Crippen LogP contribution in [0.4, 0.5) is 0 Å². The average Bonchev–Trinajstić information content (AvgIpc) is 2.85. The van der Waals surface area contributed by atoms with Crippen LogP contribution in [0, 0.1) is 0 Å². The summed E-state index contributed by atoms with van der Waals surface area (Å²) in [5, 5.41) is 0.596. The van der Waals surface area contributed by atoms with Gasteiger partial charge in [-0.3, -0.25) is 4.79 Å². The quantitative estimate of drug-likeness (QED) is 0.773. The third kappa shape index (κ3) is 1.83. The highest BCUT2D eigenvalue weighted by Gasteiger charge is 2.24. The third-order valence-electron chi connectivity index (χ3n) is 2.25. The Morgan fingerprint density at radius 2 is 2.08 bits per heavy atom. The van der Waals surface area contributed by atoms with Crippen molar-refractivity contribution in [1.82, 2.24) is 0 Å². The van der Waals surface area contributed by atoms with E-state index in [4.69, 9.17) is 17.3 Å². The Balaban J connectivity index is 2.41. The number of amides is 1. The van der Waals surface area contributed by atoms with E-state index in [9.17, 15) is 4.79 Å². The zero-order valence-corrected chi connectivity index (χ0v) is 7.84. The number of benzene rings is 1. The Kier molecular flexibility index (Phi) is 2.00. The molecular weight excluding hydrogens is 186 g/mol. The van der Waals surface area contributed by atoms with Gasteiger partial charge in [0.05, 0.1) is 0 Å². The van der Waals surface area contributed by atoms with Gasteiger partial charge < -0.3 is 5.73 Å². The topological polar surface area (TPSA) is 43.1 Å². The Bertz CT molecular complexity index is 358. The van der Waals surface area contributed by atoms with E-state index < -0.39 is 5.91 Å². The zero-order valence-electron chi connectivity index (χ0n) is 7.09. The molecule has 2 nitrogen and oxygen atoms in total. The fourth-order valence-electron chi connectivity index (χ4n) is 1.41. The molecule has 0 unspecified atom stereocenters. The van der Waals surface area contributed by atoms with Gasteiger partial charge in [0.25, 0.3) is 0 Å². The van der Waals surface area contributed by atoms with E-state index >= 15 is 0 Å². The van der Waals surface area contributed by atoms with Crippen molar-refractivity contribution in [3.8, 4) is 0 Å². The highest BCUT2D eigenvalue weighted by Crippen LogP contribution is 2.41. The van der Waals surface area contributed by atoms with E-state index in [-0.39, 0.29) is 0 Å². The first-order valence-corrected chi connectivity index (χ1v) is 4.65. The number of primary amides is 1. The molecule has 1 aromatic rings. The molecule has 68 valence electrons. The molecule has 1 amide bonds. The Hall–Kier alpha value is -1.02. The summed E-state index contributed by atoms with van der Waals surface area (Å²) in [5.41, 5.74) is 6.82. The monoisotopic (exact) mass is 195 g/mol. The van der Waals surface area contributed by atoms with E-state index in [2.05, 4.69) is 0 Å². The van der Waals surface area contributed by atoms with E-state index in [1.165, 1.54) is 12.8 Å². The van der Waals surface area contributed by atoms with Crippen LogP contribution in [0.1, 0.15) is 34.7 Å². The second-order valence-electron chi connectivity index (χ2n) is 3.41. The van der Waals surface area contributed by atoms with Gasteiger partial charge in [0.2, 0.25) is 5.91 Å². The number of carbonyl (C=O) groups is 1. The lowest BCUT2D eigenvalue weighted by Crippen LogP contribution is -2.11. The van der Waals surface area contributed by atoms with Crippen LogP contribution in [0.2, 0.25) is 5.02 Å². The summed E-state index contributed by atoms with van der Waals surface area (Å²) in [4.78, 5) is 10.9. The molecule has 0 aromatic heterocycles. The molecule has 1 fully saturated rings. The average molecular weight is 196 g/mol. The van der Waals surface area contributed by atoms with E-state index in [1.54, 1.807) is 6.07 Å². The van der Waals surface area contributed by atoms with Crippen molar-refractivity contribution in [3.63, 3.8) is 0 Å². The summed E-state index contributed by atoms with van der Waals surface area (Å²) in [6, 6.07) is 5.35. The SMILES string of the molecule is NC(=O)c1cc(Cl)cc(C2CC2)c1. The van der Waals surface area contributed by atoms with Gasteiger partial charge in [-0.15, -0.1) is 0 Å². The maximum Gasteiger partial charge on any atom is 0.248 e. The van der Waals surface area contributed by atoms with Gasteiger partial charge in [0.1, 0.15) is 0 Å². The van der Waals surface area contributed by atoms with Gasteiger partial charge in [0, 0.05) is 10.6 Å². The van der Waals surface area contributed by atoms with Gasteiger partial charge in [0.15, 0.2) is 0 Å². The molecule has 1 aromatic carbocycles. The fourth-order valence-corrected chi connectivity index (χ4v) is 1.65. The van der Waals surface area contributed by atoms with Crippen molar-refractivity contribution in [2.45, 2.75) is 18.8 Å². The maximum absolute atomic E-state index is 10.9. The molecule has 2 rings (SSSR count). The first-order valence-electron chi connectivity index (χ1n) is 4.27. The third-order valence-corrected chi connectivity index (χ3v) is 2.47. The maximum atomic E-state index is 10.9. The molecular formula is C10H10ClNO. The van der Waals surface area contributed by atoms with Crippen LogP contribution in [-0.4, -0.2) is 5.91 Å². The van der Waals surface area contributed by atoms with Crippen molar-refractivity contribution in [1.29, 1.82) is 0 Å². The number of halogens is 1. The molecule has 0 aliphatic heterocycles. The first kappa shape index (κ1) is 8.57.